The summed E-state index contributed by atoms with van der Waals surface area (Å²) in [4.78, 5) is 34.1. The second-order valence-electron chi connectivity index (χ2n) is 7.00. The fraction of sp³-hybridized carbons (Fsp3) is 0.286. The van der Waals surface area contributed by atoms with Crippen LogP contribution in [0.25, 0.3) is 11.3 Å². The molecule has 0 spiro atoms. The number of imidazole rings is 1. The average molecular weight is 362 g/mol. The maximum atomic E-state index is 12.9. The molecule has 4 rings (SSSR count). The van der Waals surface area contributed by atoms with Crippen molar-refractivity contribution in [3.05, 3.63) is 77.1 Å². The number of nitrogens with one attached hydrogen (secondary N) is 1. The van der Waals surface area contributed by atoms with Gasteiger partial charge >= 0.3 is 0 Å². The lowest BCUT2D eigenvalue weighted by Gasteiger charge is -2.32. The maximum absolute atomic E-state index is 12.9. The van der Waals surface area contributed by atoms with Crippen LogP contribution in [-0.2, 0) is 6.54 Å². The van der Waals surface area contributed by atoms with Crippen molar-refractivity contribution in [1.82, 2.24) is 19.4 Å². The SMILES string of the molecule is O=C(c1ccc(-c2ccccc2)[nH]c1=O)N1CCC[C@@H](Cn2ccnc2)C1. The number of carbonyl (C=O) groups is 1. The summed E-state index contributed by atoms with van der Waals surface area (Å²) in [5.41, 5.74) is 1.51. The molecule has 6 heteroatoms. The van der Waals surface area contributed by atoms with Crippen LogP contribution in [0.4, 0.5) is 0 Å². The van der Waals surface area contributed by atoms with Crippen LogP contribution in [0.3, 0.4) is 0 Å². The van der Waals surface area contributed by atoms with Gasteiger partial charge in [-0.3, -0.25) is 9.59 Å². The number of piperidine rings is 1. The number of pyridine rings is 1. The van der Waals surface area contributed by atoms with Crippen molar-refractivity contribution in [2.24, 2.45) is 5.92 Å². The summed E-state index contributed by atoms with van der Waals surface area (Å²) in [7, 11) is 0. The number of amides is 1. The Morgan fingerprint density at radius 1 is 1.19 bits per heavy atom. The third-order valence-corrected chi connectivity index (χ3v) is 5.06. The number of carbonyl (C=O) groups excluding carboxylic acids is 1. The van der Waals surface area contributed by atoms with Crippen LogP contribution >= 0.6 is 0 Å². The highest BCUT2D eigenvalue weighted by Gasteiger charge is 2.26. The van der Waals surface area contributed by atoms with E-state index in [9.17, 15) is 9.59 Å². The molecule has 3 heterocycles. The van der Waals surface area contributed by atoms with Crippen LogP contribution in [-0.4, -0.2) is 38.4 Å². The van der Waals surface area contributed by atoms with Crippen molar-refractivity contribution >= 4 is 5.91 Å². The molecular weight excluding hydrogens is 340 g/mol. The molecule has 1 aliphatic heterocycles. The first kappa shape index (κ1) is 17.3. The zero-order valence-corrected chi connectivity index (χ0v) is 15.0. The average Bonchev–Trinajstić information content (AvgIpc) is 3.21. The van der Waals surface area contributed by atoms with E-state index < -0.39 is 0 Å². The maximum Gasteiger partial charge on any atom is 0.261 e. The van der Waals surface area contributed by atoms with Crippen molar-refractivity contribution in [2.75, 3.05) is 13.1 Å². The number of hydrogen-bond donors (Lipinski definition) is 1. The van der Waals surface area contributed by atoms with Crippen molar-refractivity contribution in [2.45, 2.75) is 19.4 Å². The molecule has 27 heavy (non-hydrogen) atoms. The minimum Gasteiger partial charge on any atom is -0.338 e. The van der Waals surface area contributed by atoms with Crippen LogP contribution in [0.15, 0.2) is 66.0 Å². The van der Waals surface area contributed by atoms with Gasteiger partial charge < -0.3 is 14.5 Å². The van der Waals surface area contributed by atoms with Crippen LogP contribution in [0.1, 0.15) is 23.2 Å². The Morgan fingerprint density at radius 2 is 2.04 bits per heavy atom. The van der Waals surface area contributed by atoms with Gasteiger partial charge in [0, 0.05) is 37.7 Å². The van der Waals surface area contributed by atoms with Gasteiger partial charge in [0.2, 0.25) is 0 Å². The molecule has 6 nitrogen and oxygen atoms in total. The van der Waals surface area contributed by atoms with Gasteiger partial charge in [-0.2, -0.15) is 0 Å². The molecular formula is C21H22N4O2. The van der Waals surface area contributed by atoms with Gasteiger partial charge in [0.25, 0.3) is 11.5 Å². The molecule has 0 radical (unpaired) electrons. The summed E-state index contributed by atoms with van der Waals surface area (Å²) in [5, 5.41) is 0. The number of hydrogen-bond acceptors (Lipinski definition) is 3. The number of aromatic nitrogens is 3. The van der Waals surface area contributed by atoms with E-state index in [0.29, 0.717) is 24.7 Å². The number of benzene rings is 1. The lowest BCUT2D eigenvalue weighted by atomic mass is 9.97. The Morgan fingerprint density at radius 3 is 2.78 bits per heavy atom. The molecule has 0 saturated carbocycles. The summed E-state index contributed by atoms with van der Waals surface area (Å²) in [6, 6.07) is 13.1. The van der Waals surface area contributed by atoms with Gasteiger partial charge in [-0.1, -0.05) is 30.3 Å². The van der Waals surface area contributed by atoms with Crippen LogP contribution in [0, 0.1) is 5.92 Å². The van der Waals surface area contributed by atoms with Crippen molar-refractivity contribution < 1.29 is 4.79 Å². The predicted molar refractivity (Wildman–Crippen MR) is 103 cm³/mol. The number of likely N-dealkylation sites (tertiary alicyclic amines) is 1. The van der Waals surface area contributed by atoms with Gasteiger partial charge in [-0.05, 0) is 36.5 Å². The minimum absolute atomic E-state index is 0.189. The summed E-state index contributed by atoms with van der Waals surface area (Å²) >= 11 is 0. The molecule has 1 aliphatic rings. The lowest BCUT2D eigenvalue weighted by molar-refractivity contribution is 0.0660. The van der Waals surface area contributed by atoms with Crippen molar-refractivity contribution in [3.8, 4) is 11.3 Å². The van der Waals surface area contributed by atoms with E-state index in [4.69, 9.17) is 0 Å². The van der Waals surface area contributed by atoms with E-state index in [1.807, 2.05) is 41.1 Å². The molecule has 1 saturated heterocycles. The standard InChI is InChI=1S/C21H22N4O2/c26-20-18(8-9-19(23-20)17-6-2-1-3-7-17)21(27)25-11-4-5-16(14-25)13-24-12-10-22-15-24/h1-3,6-10,12,15-16H,4-5,11,13-14H2,(H,23,26)/t16-/m0/s1. The Bertz CT molecular complexity index is 963. The van der Waals surface area contributed by atoms with Crippen LogP contribution in [0.5, 0.6) is 0 Å². The smallest absolute Gasteiger partial charge is 0.261 e. The quantitative estimate of drug-likeness (QED) is 0.776. The Labute approximate surface area is 157 Å². The summed E-state index contributed by atoms with van der Waals surface area (Å²) in [6.45, 7) is 2.20. The highest BCUT2D eigenvalue weighted by molar-refractivity contribution is 5.94. The molecule has 1 fully saturated rings. The molecule has 2 aromatic heterocycles. The van der Waals surface area contributed by atoms with Crippen LogP contribution < -0.4 is 5.56 Å². The van der Waals surface area contributed by atoms with Gasteiger partial charge in [0.15, 0.2) is 0 Å². The first-order valence-electron chi connectivity index (χ1n) is 9.24. The zero-order valence-electron chi connectivity index (χ0n) is 15.0. The molecule has 0 aliphatic carbocycles. The Kier molecular flexibility index (Phi) is 4.87. The largest absolute Gasteiger partial charge is 0.338 e. The van der Waals surface area contributed by atoms with E-state index in [0.717, 1.165) is 24.9 Å². The fourth-order valence-electron chi connectivity index (χ4n) is 3.69. The fourth-order valence-corrected chi connectivity index (χ4v) is 3.69. The summed E-state index contributed by atoms with van der Waals surface area (Å²) < 4.78 is 2.04. The van der Waals surface area contributed by atoms with Gasteiger partial charge in [0.05, 0.1) is 6.33 Å². The minimum atomic E-state index is -0.335. The van der Waals surface area contributed by atoms with Gasteiger partial charge in [-0.25, -0.2) is 4.98 Å². The van der Waals surface area contributed by atoms with Crippen molar-refractivity contribution in [1.29, 1.82) is 0 Å². The lowest BCUT2D eigenvalue weighted by Crippen LogP contribution is -2.42. The van der Waals surface area contributed by atoms with Gasteiger partial charge in [-0.15, -0.1) is 0 Å². The third-order valence-electron chi connectivity index (χ3n) is 5.06. The highest BCUT2D eigenvalue weighted by Crippen LogP contribution is 2.20. The monoisotopic (exact) mass is 362 g/mol. The number of rotatable bonds is 4. The van der Waals surface area contributed by atoms with E-state index in [2.05, 4.69) is 9.97 Å². The van der Waals surface area contributed by atoms with E-state index in [-0.39, 0.29) is 17.0 Å². The Hall–Kier alpha value is -3.15. The van der Waals surface area contributed by atoms with Crippen molar-refractivity contribution in [3.63, 3.8) is 0 Å². The normalized spacial score (nSPS) is 17.0. The number of H-pyrrole nitrogens is 1. The van der Waals surface area contributed by atoms with E-state index in [1.165, 1.54) is 0 Å². The summed E-state index contributed by atoms with van der Waals surface area (Å²) in [6.07, 6.45) is 7.53. The number of nitrogens with zero attached hydrogens (tertiary/aromatic N) is 3. The molecule has 0 unspecified atom stereocenters. The van der Waals surface area contributed by atoms with E-state index in [1.54, 1.807) is 29.6 Å². The van der Waals surface area contributed by atoms with Gasteiger partial charge in [0.1, 0.15) is 5.56 Å². The number of aromatic amines is 1. The molecule has 1 atom stereocenters. The molecule has 0 bridgehead atoms. The first-order chi connectivity index (χ1) is 13.2. The second-order valence-corrected chi connectivity index (χ2v) is 7.00. The molecule has 1 aromatic carbocycles. The zero-order chi connectivity index (χ0) is 18.6. The summed E-state index contributed by atoms with van der Waals surface area (Å²) in [5.74, 6) is 0.186. The Balaban J connectivity index is 1.49. The first-order valence-corrected chi connectivity index (χ1v) is 9.24. The highest BCUT2D eigenvalue weighted by atomic mass is 16.2. The van der Waals surface area contributed by atoms with Crippen LogP contribution in [0.2, 0.25) is 0 Å². The second kappa shape index (κ2) is 7.61. The van der Waals surface area contributed by atoms with E-state index >= 15 is 0 Å². The molecule has 1 N–H and O–H groups in total. The molecule has 1 amide bonds. The third kappa shape index (κ3) is 3.84. The molecule has 138 valence electrons. The molecule has 3 aromatic rings. The topological polar surface area (TPSA) is 71.0 Å². The predicted octanol–water partition coefficient (Wildman–Crippen LogP) is 2.79.